The fourth-order valence-electron chi connectivity index (χ4n) is 2.21. The summed E-state index contributed by atoms with van der Waals surface area (Å²) in [5.41, 5.74) is 2.35. The topological polar surface area (TPSA) is 41.1 Å². The van der Waals surface area contributed by atoms with E-state index in [0.717, 1.165) is 24.6 Å². The van der Waals surface area contributed by atoms with Gasteiger partial charge in [0.1, 0.15) is 5.82 Å². The van der Waals surface area contributed by atoms with Gasteiger partial charge in [-0.05, 0) is 32.6 Å². The summed E-state index contributed by atoms with van der Waals surface area (Å²) in [7, 11) is 4.21. The van der Waals surface area contributed by atoms with Crippen molar-refractivity contribution in [2.24, 2.45) is 0 Å². The SMILES string of the molecule is Cc1nccc(CNCC(c2ccccc2)N(C)C)n1. The van der Waals surface area contributed by atoms with Crippen molar-refractivity contribution in [2.75, 3.05) is 20.6 Å². The molecule has 1 unspecified atom stereocenters. The molecule has 0 aliphatic rings. The third-order valence-corrected chi connectivity index (χ3v) is 3.29. The first-order valence-electron chi connectivity index (χ1n) is 6.87. The van der Waals surface area contributed by atoms with E-state index < -0.39 is 0 Å². The molecule has 4 nitrogen and oxygen atoms in total. The van der Waals surface area contributed by atoms with Gasteiger partial charge in [0.15, 0.2) is 0 Å². The molecular weight excluding hydrogens is 248 g/mol. The molecule has 106 valence electrons. The maximum absolute atomic E-state index is 4.40. The second-order valence-corrected chi connectivity index (χ2v) is 5.12. The molecule has 0 radical (unpaired) electrons. The number of likely N-dealkylation sites (N-methyl/N-ethyl adjacent to an activating group) is 1. The number of aromatic nitrogens is 2. The first kappa shape index (κ1) is 14.6. The number of nitrogens with zero attached hydrogens (tertiary/aromatic N) is 3. The first-order valence-corrected chi connectivity index (χ1v) is 6.87. The van der Waals surface area contributed by atoms with Crippen LogP contribution in [-0.4, -0.2) is 35.5 Å². The van der Waals surface area contributed by atoms with E-state index in [4.69, 9.17) is 0 Å². The Bertz CT molecular complexity index is 525. The fourth-order valence-corrected chi connectivity index (χ4v) is 2.21. The van der Waals surface area contributed by atoms with Gasteiger partial charge in [-0.15, -0.1) is 0 Å². The summed E-state index contributed by atoms with van der Waals surface area (Å²) in [5.74, 6) is 0.816. The van der Waals surface area contributed by atoms with Crippen LogP contribution in [0.25, 0.3) is 0 Å². The number of hydrogen-bond acceptors (Lipinski definition) is 4. The van der Waals surface area contributed by atoms with Crippen LogP contribution < -0.4 is 5.32 Å². The highest BCUT2D eigenvalue weighted by molar-refractivity contribution is 5.19. The van der Waals surface area contributed by atoms with Crippen LogP contribution in [0.2, 0.25) is 0 Å². The minimum Gasteiger partial charge on any atom is -0.309 e. The summed E-state index contributed by atoms with van der Waals surface area (Å²) < 4.78 is 0. The lowest BCUT2D eigenvalue weighted by Crippen LogP contribution is -2.31. The Morgan fingerprint density at radius 1 is 1.15 bits per heavy atom. The standard InChI is InChI=1S/C16H22N4/c1-13-18-10-9-15(19-13)11-17-12-16(20(2)3)14-7-5-4-6-8-14/h4-10,16-17H,11-12H2,1-3H3. The van der Waals surface area contributed by atoms with E-state index in [1.165, 1.54) is 5.56 Å². The van der Waals surface area contributed by atoms with Gasteiger partial charge in [0.2, 0.25) is 0 Å². The molecule has 1 atom stereocenters. The van der Waals surface area contributed by atoms with E-state index in [1.807, 2.05) is 19.1 Å². The molecule has 20 heavy (non-hydrogen) atoms. The van der Waals surface area contributed by atoms with Gasteiger partial charge < -0.3 is 10.2 Å². The first-order chi connectivity index (χ1) is 9.66. The van der Waals surface area contributed by atoms with E-state index in [9.17, 15) is 0 Å². The summed E-state index contributed by atoms with van der Waals surface area (Å²) in [6, 6.07) is 12.9. The van der Waals surface area contributed by atoms with Gasteiger partial charge in [0, 0.05) is 25.3 Å². The summed E-state index contributed by atoms with van der Waals surface area (Å²) in [5, 5.41) is 3.48. The van der Waals surface area contributed by atoms with E-state index in [-0.39, 0.29) is 0 Å². The highest BCUT2D eigenvalue weighted by Crippen LogP contribution is 2.16. The molecule has 0 saturated heterocycles. The Morgan fingerprint density at radius 2 is 1.90 bits per heavy atom. The van der Waals surface area contributed by atoms with Crippen LogP contribution in [0.15, 0.2) is 42.6 Å². The second-order valence-electron chi connectivity index (χ2n) is 5.12. The Balaban J connectivity index is 1.93. The van der Waals surface area contributed by atoms with Crippen molar-refractivity contribution < 1.29 is 0 Å². The predicted octanol–water partition coefficient (Wildman–Crippen LogP) is 2.18. The van der Waals surface area contributed by atoms with Gasteiger partial charge in [-0.2, -0.15) is 0 Å². The molecule has 0 fully saturated rings. The monoisotopic (exact) mass is 270 g/mol. The quantitative estimate of drug-likeness (QED) is 0.873. The van der Waals surface area contributed by atoms with E-state index in [0.29, 0.717) is 6.04 Å². The zero-order valence-corrected chi connectivity index (χ0v) is 12.4. The molecule has 2 aromatic rings. The minimum absolute atomic E-state index is 0.360. The third-order valence-electron chi connectivity index (χ3n) is 3.29. The highest BCUT2D eigenvalue weighted by atomic mass is 15.1. The van der Waals surface area contributed by atoms with E-state index in [2.05, 4.69) is 58.5 Å². The molecule has 0 amide bonds. The third kappa shape index (κ3) is 4.11. The number of aryl methyl sites for hydroxylation is 1. The van der Waals surface area contributed by atoms with Crippen LogP contribution in [0, 0.1) is 6.92 Å². The Kier molecular flexibility index (Phi) is 5.21. The minimum atomic E-state index is 0.360. The van der Waals surface area contributed by atoms with Crippen molar-refractivity contribution in [2.45, 2.75) is 19.5 Å². The number of benzene rings is 1. The molecule has 1 aromatic heterocycles. The van der Waals surface area contributed by atoms with Gasteiger partial charge in [-0.25, -0.2) is 9.97 Å². The molecular formula is C16H22N4. The van der Waals surface area contributed by atoms with Crippen molar-refractivity contribution in [1.29, 1.82) is 0 Å². The molecule has 0 aliphatic heterocycles. The van der Waals surface area contributed by atoms with Crippen LogP contribution in [0.1, 0.15) is 23.1 Å². The zero-order valence-electron chi connectivity index (χ0n) is 12.4. The van der Waals surface area contributed by atoms with Gasteiger partial charge in [-0.3, -0.25) is 0 Å². The largest absolute Gasteiger partial charge is 0.309 e. The maximum Gasteiger partial charge on any atom is 0.125 e. The Hall–Kier alpha value is -1.78. The average molecular weight is 270 g/mol. The van der Waals surface area contributed by atoms with E-state index >= 15 is 0 Å². The summed E-state index contributed by atoms with van der Waals surface area (Å²) in [6.07, 6.45) is 1.81. The molecule has 1 N–H and O–H groups in total. The molecule has 0 aliphatic carbocycles. The van der Waals surface area contributed by atoms with Crippen LogP contribution in [-0.2, 0) is 6.54 Å². The zero-order chi connectivity index (χ0) is 14.4. The van der Waals surface area contributed by atoms with Crippen molar-refractivity contribution in [3.8, 4) is 0 Å². The summed E-state index contributed by atoms with van der Waals surface area (Å²) in [6.45, 7) is 3.57. The van der Waals surface area contributed by atoms with Crippen molar-refractivity contribution in [3.63, 3.8) is 0 Å². The molecule has 1 heterocycles. The van der Waals surface area contributed by atoms with Crippen LogP contribution in [0.4, 0.5) is 0 Å². The van der Waals surface area contributed by atoms with Crippen molar-refractivity contribution in [1.82, 2.24) is 20.2 Å². The van der Waals surface area contributed by atoms with Crippen LogP contribution >= 0.6 is 0 Å². The maximum atomic E-state index is 4.40. The Morgan fingerprint density at radius 3 is 2.55 bits per heavy atom. The van der Waals surface area contributed by atoms with Gasteiger partial charge in [0.05, 0.1) is 5.69 Å². The van der Waals surface area contributed by atoms with Crippen LogP contribution in [0.3, 0.4) is 0 Å². The van der Waals surface area contributed by atoms with Gasteiger partial charge >= 0.3 is 0 Å². The number of rotatable bonds is 6. The lowest BCUT2D eigenvalue weighted by Gasteiger charge is -2.25. The summed E-state index contributed by atoms with van der Waals surface area (Å²) in [4.78, 5) is 10.7. The van der Waals surface area contributed by atoms with Gasteiger partial charge in [-0.1, -0.05) is 30.3 Å². The predicted molar refractivity (Wildman–Crippen MR) is 81.3 cm³/mol. The smallest absolute Gasteiger partial charge is 0.125 e. The van der Waals surface area contributed by atoms with Crippen molar-refractivity contribution in [3.05, 3.63) is 59.7 Å². The number of nitrogens with one attached hydrogen (secondary N) is 1. The normalized spacial score (nSPS) is 12.6. The number of hydrogen-bond donors (Lipinski definition) is 1. The molecule has 1 aromatic carbocycles. The van der Waals surface area contributed by atoms with Gasteiger partial charge in [0.25, 0.3) is 0 Å². The van der Waals surface area contributed by atoms with Crippen molar-refractivity contribution >= 4 is 0 Å². The van der Waals surface area contributed by atoms with E-state index in [1.54, 1.807) is 6.20 Å². The van der Waals surface area contributed by atoms with Crippen LogP contribution in [0.5, 0.6) is 0 Å². The molecule has 4 heteroatoms. The molecule has 0 bridgehead atoms. The Labute approximate surface area is 120 Å². The second kappa shape index (κ2) is 7.12. The molecule has 2 rings (SSSR count). The molecule has 0 saturated carbocycles. The summed E-state index contributed by atoms with van der Waals surface area (Å²) >= 11 is 0. The highest BCUT2D eigenvalue weighted by Gasteiger charge is 2.13. The lowest BCUT2D eigenvalue weighted by atomic mass is 10.1. The average Bonchev–Trinajstić information content (AvgIpc) is 2.44. The lowest BCUT2D eigenvalue weighted by molar-refractivity contribution is 0.288. The molecule has 0 spiro atoms. The fraction of sp³-hybridized carbons (Fsp3) is 0.375.